The predicted octanol–water partition coefficient (Wildman–Crippen LogP) is 1.36. The number of aliphatic hydroxyl groups is 1. The van der Waals surface area contributed by atoms with Crippen LogP contribution in [0.1, 0.15) is 38.1 Å². The topological polar surface area (TPSA) is 64.1 Å². The summed E-state index contributed by atoms with van der Waals surface area (Å²) in [7, 11) is 0. The number of hydrogen-bond donors (Lipinski definition) is 2. The molecule has 0 amide bonds. The Balaban J connectivity index is 2.22. The van der Waals surface area contributed by atoms with Gasteiger partial charge in [0.2, 0.25) is 0 Å². The van der Waals surface area contributed by atoms with Crippen molar-refractivity contribution in [3.05, 3.63) is 17.5 Å². The van der Waals surface area contributed by atoms with Crippen LogP contribution < -0.4 is 5.73 Å². The van der Waals surface area contributed by atoms with Crippen LogP contribution in [-0.4, -0.2) is 28.0 Å². The van der Waals surface area contributed by atoms with Crippen LogP contribution >= 0.6 is 0 Å². The van der Waals surface area contributed by atoms with Crippen LogP contribution in [-0.2, 0) is 19.4 Å². The Kier molecular flexibility index (Phi) is 4.07. The van der Waals surface area contributed by atoms with E-state index in [1.165, 1.54) is 18.5 Å². The van der Waals surface area contributed by atoms with Crippen LogP contribution in [0.2, 0.25) is 0 Å². The Bertz CT molecular complexity index is 392. The molecule has 4 nitrogen and oxygen atoms in total. The van der Waals surface area contributed by atoms with E-state index in [-0.39, 0.29) is 12.0 Å². The van der Waals surface area contributed by atoms with E-state index < -0.39 is 0 Å². The fourth-order valence-electron chi connectivity index (χ4n) is 2.79. The largest absolute Gasteiger partial charge is 0.396 e. The minimum absolute atomic E-state index is 0.127. The third-order valence-corrected chi connectivity index (χ3v) is 4.27. The van der Waals surface area contributed by atoms with Crippen LogP contribution in [0.5, 0.6) is 0 Å². The molecule has 1 fully saturated rings. The van der Waals surface area contributed by atoms with Crippen molar-refractivity contribution >= 4 is 0 Å². The van der Waals surface area contributed by atoms with Crippen molar-refractivity contribution in [3.8, 4) is 0 Å². The van der Waals surface area contributed by atoms with Gasteiger partial charge in [-0.15, -0.1) is 0 Å². The summed E-state index contributed by atoms with van der Waals surface area (Å²) in [6, 6.07) is 2.17. The second kappa shape index (κ2) is 5.41. The standard InChI is InChI=1S/C14H25N3O/c1-3-12-7-13(17(4-2)16-12)8-14(9-15,10-18)11-5-6-11/h7,11,18H,3-6,8-10,15H2,1-2H3. The second-order valence-corrected chi connectivity index (χ2v) is 5.47. The van der Waals surface area contributed by atoms with Gasteiger partial charge in [-0.1, -0.05) is 6.92 Å². The summed E-state index contributed by atoms with van der Waals surface area (Å²) >= 11 is 0. The molecule has 0 aromatic carbocycles. The molecule has 0 saturated heterocycles. The molecule has 4 heteroatoms. The number of nitrogens with two attached hydrogens (primary N) is 1. The first kappa shape index (κ1) is 13.6. The summed E-state index contributed by atoms with van der Waals surface area (Å²) < 4.78 is 2.06. The van der Waals surface area contributed by atoms with Crippen molar-refractivity contribution < 1.29 is 5.11 Å². The quantitative estimate of drug-likeness (QED) is 0.769. The van der Waals surface area contributed by atoms with Crippen molar-refractivity contribution in [1.29, 1.82) is 0 Å². The predicted molar refractivity (Wildman–Crippen MR) is 72.3 cm³/mol. The van der Waals surface area contributed by atoms with Gasteiger partial charge in [-0.25, -0.2) is 0 Å². The van der Waals surface area contributed by atoms with E-state index in [2.05, 4.69) is 29.7 Å². The average Bonchev–Trinajstić information content (AvgIpc) is 3.18. The van der Waals surface area contributed by atoms with Crippen LogP contribution in [0.15, 0.2) is 6.07 Å². The van der Waals surface area contributed by atoms with Crippen LogP contribution in [0.25, 0.3) is 0 Å². The molecule has 1 aliphatic rings. The molecule has 0 radical (unpaired) electrons. The first-order valence-electron chi connectivity index (χ1n) is 7.05. The van der Waals surface area contributed by atoms with Gasteiger partial charge in [0.1, 0.15) is 0 Å². The van der Waals surface area contributed by atoms with Gasteiger partial charge < -0.3 is 10.8 Å². The molecule has 1 unspecified atom stereocenters. The molecule has 2 rings (SSSR count). The van der Waals surface area contributed by atoms with Gasteiger partial charge in [0, 0.05) is 24.2 Å². The maximum absolute atomic E-state index is 9.77. The Hall–Kier alpha value is -0.870. The maximum Gasteiger partial charge on any atom is 0.0624 e. The Labute approximate surface area is 109 Å². The molecule has 0 aliphatic heterocycles. The molecule has 1 aromatic heterocycles. The number of hydrogen-bond acceptors (Lipinski definition) is 3. The lowest BCUT2D eigenvalue weighted by molar-refractivity contribution is 0.106. The van der Waals surface area contributed by atoms with E-state index in [1.807, 2.05) is 0 Å². The monoisotopic (exact) mass is 251 g/mol. The third-order valence-electron chi connectivity index (χ3n) is 4.27. The summed E-state index contributed by atoms with van der Waals surface area (Å²) in [6.07, 6.45) is 4.22. The van der Waals surface area contributed by atoms with Crippen molar-refractivity contribution in [3.63, 3.8) is 0 Å². The maximum atomic E-state index is 9.77. The van der Waals surface area contributed by atoms with Gasteiger partial charge in [0.25, 0.3) is 0 Å². The Morgan fingerprint density at radius 2 is 2.22 bits per heavy atom. The summed E-state index contributed by atoms with van der Waals surface area (Å²) in [5.74, 6) is 0.595. The van der Waals surface area contributed by atoms with E-state index in [1.54, 1.807) is 0 Å². The first-order chi connectivity index (χ1) is 8.69. The third kappa shape index (κ3) is 2.45. The van der Waals surface area contributed by atoms with Crippen molar-refractivity contribution in [2.45, 2.75) is 46.1 Å². The minimum Gasteiger partial charge on any atom is -0.396 e. The second-order valence-electron chi connectivity index (χ2n) is 5.47. The number of aromatic nitrogens is 2. The highest BCUT2D eigenvalue weighted by atomic mass is 16.3. The van der Waals surface area contributed by atoms with E-state index >= 15 is 0 Å². The Morgan fingerprint density at radius 1 is 1.50 bits per heavy atom. The molecule has 1 aromatic rings. The average molecular weight is 251 g/mol. The van der Waals surface area contributed by atoms with Crippen LogP contribution in [0.4, 0.5) is 0 Å². The fourth-order valence-corrected chi connectivity index (χ4v) is 2.79. The smallest absolute Gasteiger partial charge is 0.0624 e. The lowest BCUT2D eigenvalue weighted by Gasteiger charge is -2.30. The van der Waals surface area contributed by atoms with Crippen molar-refractivity contribution in [1.82, 2.24) is 9.78 Å². The summed E-state index contributed by atoms with van der Waals surface area (Å²) in [5, 5.41) is 14.3. The van der Waals surface area contributed by atoms with Crippen molar-refractivity contribution in [2.24, 2.45) is 17.1 Å². The lowest BCUT2D eigenvalue weighted by atomic mass is 9.79. The summed E-state index contributed by atoms with van der Waals surface area (Å²) in [6.45, 7) is 5.85. The van der Waals surface area contributed by atoms with E-state index in [0.717, 1.165) is 25.1 Å². The van der Waals surface area contributed by atoms with Gasteiger partial charge in [-0.3, -0.25) is 4.68 Å². The molecular formula is C14H25N3O. The molecule has 18 heavy (non-hydrogen) atoms. The number of rotatable bonds is 7. The SMILES string of the molecule is CCc1cc(CC(CN)(CO)C2CC2)n(CC)n1. The molecular weight excluding hydrogens is 226 g/mol. The highest BCUT2D eigenvalue weighted by molar-refractivity contribution is 5.14. The lowest BCUT2D eigenvalue weighted by Crippen LogP contribution is -2.39. The van der Waals surface area contributed by atoms with Crippen molar-refractivity contribution in [2.75, 3.05) is 13.2 Å². The molecule has 1 saturated carbocycles. The minimum atomic E-state index is -0.127. The van der Waals surface area contributed by atoms with Gasteiger partial charge in [0.15, 0.2) is 0 Å². The molecule has 1 aliphatic carbocycles. The number of aliphatic hydroxyl groups excluding tert-OH is 1. The normalized spacial score (nSPS) is 18.9. The zero-order valence-electron chi connectivity index (χ0n) is 11.5. The summed E-state index contributed by atoms with van der Waals surface area (Å²) in [4.78, 5) is 0. The molecule has 102 valence electrons. The molecule has 3 N–H and O–H groups in total. The number of aryl methyl sites for hydroxylation is 2. The first-order valence-corrected chi connectivity index (χ1v) is 7.05. The highest BCUT2D eigenvalue weighted by Gasteiger charge is 2.44. The van der Waals surface area contributed by atoms with Gasteiger partial charge in [-0.05, 0) is 44.6 Å². The van der Waals surface area contributed by atoms with Gasteiger partial charge in [-0.2, -0.15) is 5.10 Å². The zero-order valence-corrected chi connectivity index (χ0v) is 11.5. The Morgan fingerprint density at radius 3 is 2.67 bits per heavy atom. The number of nitrogens with zero attached hydrogens (tertiary/aromatic N) is 2. The van der Waals surface area contributed by atoms with Crippen LogP contribution in [0, 0.1) is 11.3 Å². The molecule has 0 bridgehead atoms. The fraction of sp³-hybridized carbons (Fsp3) is 0.786. The van der Waals surface area contributed by atoms with Gasteiger partial charge in [0.05, 0.1) is 12.3 Å². The zero-order chi connectivity index (χ0) is 13.2. The van der Waals surface area contributed by atoms with E-state index in [0.29, 0.717) is 12.5 Å². The molecule has 1 atom stereocenters. The van der Waals surface area contributed by atoms with Gasteiger partial charge >= 0.3 is 0 Å². The summed E-state index contributed by atoms with van der Waals surface area (Å²) in [5.41, 5.74) is 8.18. The molecule has 0 spiro atoms. The van der Waals surface area contributed by atoms with Crippen LogP contribution in [0.3, 0.4) is 0 Å². The highest BCUT2D eigenvalue weighted by Crippen LogP contribution is 2.46. The van der Waals surface area contributed by atoms with E-state index in [4.69, 9.17) is 5.73 Å². The molecule has 1 heterocycles. The van der Waals surface area contributed by atoms with E-state index in [9.17, 15) is 5.11 Å².